The van der Waals surface area contributed by atoms with Gasteiger partial charge in [-0.25, -0.2) is 0 Å². The van der Waals surface area contributed by atoms with E-state index in [1.54, 1.807) is 0 Å². The first kappa shape index (κ1) is 14.3. The summed E-state index contributed by atoms with van der Waals surface area (Å²) in [6.07, 6.45) is 5.86. The Balaban J connectivity index is 0.000000386. The van der Waals surface area contributed by atoms with Gasteiger partial charge in [-0.2, -0.15) is 0 Å². The van der Waals surface area contributed by atoms with Crippen LogP contribution in [0.25, 0.3) is 6.08 Å². The van der Waals surface area contributed by atoms with E-state index in [4.69, 9.17) is 18.6 Å². The summed E-state index contributed by atoms with van der Waals surface area (Å²) in [7, 11) is 9.78. The van der Waals surface area contributed by atoms with E-state index in [1.165, 1.54) is 17.5 Å². The molecule has 0 spiro atoms. The van der Waals surface area contributed by atoms with Crippen molar-refractivity contribution in [1.82, 2.24) is 0 Å². The molecule has 0 N–H and O–H groups in total. The summed E-state index contributed by atoms with van der Waals surface area (Å²) < 4.78 is 0. The molecule has 0 aromatic heterocycles. The van der Waals surface area contributed by atoms with E-state index >= 15 is 0 Å². The second-order valence-electron chi connectivity index (χ2n) is 4.30. The van der Waals surface area contributed by atoms with E-state index in [-0.39, 0.29) is 0 Å². The Bertz CT molecular complexity index is 348. The standard InChI is InChI=1S/C13H16.2ClH.Ti/c1-10(2)9-12-8-7-11-5-3-4-6-13(11)12;;;/h3-8,10,12H,9H2,1-2H3;2*1H;/q;;;+2/p-2. The average Bonchev–Trinajstić information content (AvgIpc) is 2.63. The Labute approximate surface area is 115 Å². The molecule has 1 aliphatic rings. The van der Waals surface area contributed by atoms with E-state index in [0.717, 1.165) is 5.92 Å². The van der Waals surface area contributed by atoms with Crippen molar-refractivity contribution in [3.63, 3.8) is 0 Å². The van der Waals surface area contributed by atoms with Crippen LogP contribution in [0.1, 0.15) is 37.3 Å². The molecule has 0 radical (unpaired) electrons. The third kappa shape index (κ3) is 4.26. The number of benzene rings is 1. The fourth-order valence-corrected chi connectivity index (χ4v) is 2.04. The first-order valence-corrected chi connectivity index (χ1v) is 9.72. The normalized spacial score (nSPS) is 16.7. The molecule has 0 saturated heterocycles. The predicted octanol–water partition coefficient (Wildman–Crippen LogP) is 5.22. The van der Waals surface area contributed by atoms with Crippen molar-refractivity contribution >= 4 is 24.7 Å². The fourth-order valence-electron chi connectivity index (χ4n) is 2.04. The van der Waals surface area contributed by atoms with Crippen LogP contribution >= 0.6 is 18.6 Å². The van der Waals surface area contributed by atoms with E-state index < -0.39 is 17.0 Å². The first-order valence-electron chi connectivity index (χ1n) is 5.42. The van der Waals surface area contributed by atoms with E-state index in [2.05, 4.69) is 50.3 Å². The molecule has 0 amide bonds. The van der Waals surface area contributed by atoms with Gasteiger partial charge in [0.1, 0.15) is 0 Å². The number of fused-ring (bicyclic) bond motifs is 1. The molecule has 86 valence electrons. The van der Waals surface area contributed by atoms with Gasteiger partial charge < -0.3 is 0 Å². The van der Waals surface area contributed by atoms with Crippen LogP contribution in [0.5, 0.6) is 0 Å². The molecule has 0 saturated carbocycles. The number of hydrogen-bond acceptors (Lipinski definition) is 0. The Morgan fingerprint density at radius 3 is 2.50 bits per heavy atom. The van der Waals surface area contributed by atoms with Crippen LogP contribution < -0.4 is 0 Å². The molecule has 16 heavy (non-hydrogen) atoms. The summed E-state index contributed by atoms with van der Waals surface area (Å²) >= 11 is -0.556. The predicted molar refractivity (Wildman–Crippen MR) is 69.4 cm³/mol. The number of rotatable bonds is 2. The summed E-state index contributed by atoms with van der Waals surface area (Å²) in [4.78, 5) is 0. The Hall–Kier alpha value is 0.254. The number of allylic oxidation sites excluding steroid dienone is 1. The number of halogens is 2. The van der Waals surface area contributed by atoms with Crippen molar-refractivity contribution in [3.8, 4) is 0 Å². The fraction of sp³-hybridized carbons (Fsp3) is 0.385. The summed E-state index contributed by atoms with van der Waals surface area (Å²) in [5.41, 5.74) is 2.92. The van der Waals surface area contributed by atoms with Crippen LogP contribution in [0.3, 0.4) is 0 Å². The summed E-state index contributed by atoms with van der Waals surface area (Å²) in [6.45, 7) is 4.57. The van der Waals surface area contributed by atoms with Crippen molar-refractivity contribution < 1.29 is 17.0 Å². The van der Waals surface area contributed by atoms with Crippen molar-refractivity contribution in [3.05, 3.63) is 41.5 Å². The Morgan fingerprint density at radius 1 is 1.25 bits per heavy atom. The molecule has 0 aliphatic heterocycles. The summed E-state index contributed by atoms with van der Waals surface area (Å²) in [6, 6.07) is 8.70. The Kier molecular flexibility index (Phi) is 6.76. The maximum atomic E-state index is 4.89. The molecule has 3 heteroatoms. The molecule has 0 fully saturated rings. The van der Waals surface area contributed by atoms with E-state index in [9.17, 15) is 0 Å². The van der Waals surface area contributed by atoms with Gasteiger partial charge in [-0.1, -0.05) is 50.3 Å². The quantitative estimate of drug-likeness (QED) is 0.655. The van der Waals surface area contributed by atoms with Crippen LogP contribution in [0.15, 0.2) is 30.3 Å². The van der Waals surface area contributed by atoms with Crippen LogP contribution in [-0.2, 0) is 17.0 Å². The molecule has 1 aromatic rings. The minimum absolute atomic E-state index is 0.556. The van der Waals surface area contributed by atoms with E-state index in [0.29, 0.717) is 5.92 Å². The topological polar surface area (TPSA) is 0 Å². The van der Waals surface area contributed by atoms with Gasteiger partial charge in [-0.05, 0) is 23.5 Å². The van der Waals surface area contributed by atoms with Crippen molar-refractivity contribution in [1.29, 1.82) is 0 Å². The molecule has 2 rings (SSSR count). The zero-order valence-corrected chi connectivity index (χ0v) is 12.7. The third-order valence-corrected chi connectivity index (χ3v) is 2.63. The first-order chi connectivity index (χ1) is 7.69. The van der Waals surface area contributed by atoms with Gasteiger partial charge in [0.05, 0.1) is 0 Å². The monoisotopic (exact) mass is 290 g/mol. The summed E-state index contributed by atoms with van der Waals surface area (Å²) in [5, 5.41) is 0. The zero-order chi connectivity index (χ0) is 12.0. The van der Waals surface area contributed by atoms with E-state index in [1.807, 2.05) is 0 Å². The van der Waals surface area contributed by atoms with Crippen molar-refractivity contribution in [2.75, 3.05) is 0 Å². The SMILES string of the molecule is CC(C)CC1C=Cc2ccccc21.[Cl][Ti][Cl]. The van der Waals surface area contributed by atoms with Gasteiger partial charge in [-0.15, -0.1) is 0 Å². The maximum absolute atomic E-state index is 4.89. The van der Waals surface area contributed by atoms with Crippen molar-refractivity contribution in [2.24, 2.45) is 5.92 Å². The molecule has 1 unspecified atom stereocenters. The molecule has 0 bridgehead atoms. The van der Waals surface area contributed by atoms with Crippen molar-refractivity contribution in [2.45, 2.75) is 26.2 Å². The third-order valence-electron chi connectivity index (χ3n) is 2.63. The Morgan fingerprint density at radius 2 is 1.88 bits per heavy atom. The van der Waals surface area contributed by atoms with Gasteiger partial charge in [0, 0.05) is 5.92 Å². The van der Waals surface area contributed by atoms with Crippen LogP contribution in [-0.4, -0.2) is 0 Å². The number of hydrogen-bond donors (Lipinski definition) is 0. The van der Waals surface area contributed by atoms with Crippen LogP contribution in [0.2, 0.25) is 0 Å². The van der Waals surface area contributed by atoms with Gasteiger partial charge in [0.15, 0.2) is 0 Å². The van der Waals surface area contributed by atoms with Crippen LogP contribution in [0.4, 0.5) is 0 Å². The molecule has 0 nitrogen and oxygen atoms in total. The second-order valence-corrected chi connectivity index (χ2v) is 6.87. The summed E-state index contributed by atoms with van der Waals surface area (Å²) in [5.74, 6) is 1.44. The molecular weight excluding hydrogens is 275 g/mol. The van der Waals surface area contributed by atoms with Gasteiger partial charge in [0.2, 0.25) is 0 Å². The molecule has 1 aliphatic carbocycles. The molecule has 0 heterocycles. The molecule has 1 aromatic carbocycles. The van der Waals surface area contributed by atoms with Gasteiger partial charge >= 0.3 is 35.6 Å². The second kappa shape index (κ2) is 7.56. The van der Waals surface area contributed by atoms with Gasteiger partial charge in [0.25, 0.3) is 0 Å². The zero-order valence-electron chi connectivity index (χ0n) is 9.58. The molecule has 1 atom stereocenters. The average molecular weight is 291 g/mol. The molecular formula is C13H16Cl2Ti. The van der Waals surface area contributed by atoms with Gasteiger partial charge in [-0.3, -0.25) is 0 Å². The van der Waals surface area contributed by atoms with Crippen LogP contribution in [0, 0.1) is 5.92 Å². The minimum atomic E-state index is -0.556.